The molecule has 0 spiro atoms. The monoisotopic (exact) mass is 463 g/mol. The van der Waals surface area contributed by atoms with Gasteiger partial charge in [-0.25, -0.2) is 0 Å². The Kier molecular flexibility index (Phi) is 7.39. The SMILES string of the molecule is O=C(CN1CCCN(Cc2ccc(C(F)(F)F)cc2)CC1)Nc1ccc2c(c1)OCCCO2. The summed E-state index contributed by atoms with van der Waals surface area (Å²) < 4.78 is 49.5. The Labute approximate surface area is 191 Å². The first-order valence-corrected chi connectivity index (χ1v) is 11.2. The first-order valence-electron chi connectivity index (χ1n) is 11.2. The molecule has 4 rings (SSSR count). The quantitative estimate of drug-likeness (QED) is 0.726. The van der Waals surface area contributed by atoms with Gasteiger partial charge in [-0.2, -0.15) is 13.2 Å². The van der Waals surface area contributed by atoms with Crippen LogP contribution in [0, 0.1) is 0 Å². The van der Waals surface area contributed by atoms with E-state index in [0.717, 1.165) is 56.7 Å². The molecular formula is C24H28F3N3O3. The molecule has 6 nitrogen and oxygen atoms in total. The second kappa shape index (κ2) is 10.4. The molecule has 178 valence electrons. The molecule has 1 saturated heterocycles. The van der Waals surface area contributed by atoms with Crippen molar-refractivity contribution in [2.24, 2.45) is 0 Å². The van der Waals surface area contributed by atoms with Crippen LogP contribution in [-0.2, 0) is 17.5 Å². The van der Waals surface area contributed by atoms with Crippen LogP contribution < -0.4 is 14.8 Å². The summed E-state index contributed by atoms with van der Waals surface area (Å²) in [6.07, 6.45) is -2.61. The van der Waals surface area contributed by atoms with Crippen molar-refractivity contribution >= 4 is 11.6 Å². The molecule has 0 aliphatic carbocycles. The van der Waals surface area contributed by atoms with E-state index in [1.807, 2.05) is 0 Å². The third kappa shape index (κ3) is 6.61. The molecule has 2 aromatic rings. The molecule has 1 fully saturated rings. The number of benzene rings is 2. The second-order valence-corrected chi connectivity index (χ2v) is 8.36. The van der Waals surface area contributed by atoms with Gasteiger partial charge in [0, 0.05) is 37.8 Å². The number of halogens is 3. The van der Waals surface area contributed by atoms with Gasteiger partial charge >= 0.3 is 6.18 Å². The number of amides is 1. The van der Waals surface area contributed by atoms with Gasteiger partial charge in [-0.1, -0.05) is 12.1 Å². The first-order chi connectivity index (χ1) is 15.9. The molecule has 1 amide bonds. The van der Waals surface area contributed by atoms with Crippen LogP contribution >= 0.6 is 0 Å². The highest BCUT2D eigenvalue weighted by Gasteiger charge is 2.30. The number of anilines is 1. The lowest BCUT2D eigenvalue weighted by molar-refractivity contribution is -0.137. The van der Waals surface area contributed by atoms with Crippen LogP contribution in [0.15, 0.2) is 42.5 Å². The molecule has 2 aliphatic heterocycles. The van der Waals surface area contributed by atoms with Gasteiger partial charge in [0.1, 0.15) is 0 Å². The van der Waals surface area contributed by atoms with Gasteiger partial charge < -0.3 is 14.8 Å². The number of carbonyl (C=O) groups is 1. The van der Waals surface area contributed by atoms with Crippen LogP contribution in [0.5, 0.6) is 11.5 Å². The Bertz CT molecular complexity index is 950. The zero-order valence-electron chi connectivity index (χ0n) is 18.4. The van der Waals surface area contributed by atoms with E-state index in [1.54, 1.807) is 18.2 Å². The highest BCUT2D eigenvalue weighted by atomic mass is 19.4. The number of hydrogen-bond donors (Lipinski definition) is 1. The smallest absolute Gasteiger partial charge is 0.416 e. The molecule has 2 aliphatic rings. The molecule has 0 atom stereocenters. The summed E-state index contributed by atoms with van der Waals surface area (Å²) in [7, 11) is 0. The van der Waals surface area contributed by atoms with E-state index in [4.69, 9.17) is 9.47 Å². The van der Waals surface area contributed by atoms with Crippen molar-refractivity contribution in [3.05, 3.63) is 53.6 Å². The van der Waals surface area contributed by atoms with Crippen LogP contribution in [0.25, 0.3) is 0 Å². The van der Waals surface area contributed by atoms with E-state index < -0.39 is 11.7 Å². The maximum atomic E-state index is 12.7. The van der Waals surface area contributed by atoms with Gasteiger partial charge in [-0.15, -0.1) is 0 Å². The predicted molar refractivity (Wildman–Crippen MR) is 118 cm³/mol. The lowest BCUT2D eigenvalue weighted by atomic mass is 10.1. The normalized spacial score (nSPS) is 17.8. The Morgan fingerprint density at radius 1 is 0.879 bits per heavy atom. The predicted octanol–water partition coefficient (Wildman–Crippen LogP) is 4.01. The number of hydrogen-bond acceptors (Lipinski definition) is 5. The number of fused-ring (bicyclic) bond motifs is 1. The topological polar surface area (TPSA) is 54.0 Å². The fraction of sp³-hybridized carbons (Fsp3) is 0.458. The molecule has 0 radical (unpaired) electrons. The van der Waals surface area contributed by atoms with Gasteiger partial charge in [0.05, 0.1) is 25.3 Å². The summed E-state index contributed by atoms with van der Waals surface area (Å²) in [5.41, 5.74) is 0.888. The van der Waals surface area contributed by atoms with E-state index in [2.05, 4.69) is 15.1 Å². The zero-order valence-corrected chi connectivity index (χ0v) is 18.4. The van der Waals surface area contributed by atoms with Crippen molar-refractivity contribution in [2.75, 3.05) is 51.3 Å². The molecule has 33 heavy (non-hydrogen) atoms. The molecule has 1 N–H and O–H groups in total. The number of nitrogens with zero attached hydrogens (tertiary/aromatic N) is 2. The fourth-order valence-corrected chi connectivity index (χ4v) is 4.04. The van der Waals surface area contributed by atoms with Crippen LogP contribution in [0.2, 0.25) is 0 Å². The second-order valence-electron chi connectivity index (χ2n) is 8.36. The molecule has 0 aromatic heterocycles. The molecule has 0 unspecified atom stereocenters. The molecular weight excluding hydrogens is 435 g/mol. The number of carbonyl (C=O) groups excluding carboxylic acids is 1. The standard InChI is InChI=1S/C24H28F3N3O3/c25-24(26,27)19-5-3-18(4-6-19)16-29-9-1-10-30(12-11-29)17-23(31)28-20-7-8-21-22(15-20)33-14-2-13-32-21/h3-8,15H,1-2,9-14,16-17H2,(H,28,31). The number of alkyl halides is 3. The summed E-state index contributed by atoms with van der Waals surface area (Å²) in [5.74, 6) is 1.23. The lowest BCUT2D eigenvalue weighted by Crippen LogP contribution is -2.36. The first kappa shape index (κ1) is 23.4. The Morgan fingerprint density at radius 2 is 1.58 bits per heavy atom. The lowest BCUT2D eigenvalue weighted by Gasteiger charge is -2.22. The van der Waals surface area contributed by atoms with Crippen LogP contribution in [-0.4, -0.2) is 61.6 Å². The minimum atomic E-state index is -4.32. The van der Waals surface area contributed by atoms with Gasteiger partial charge in [-0.05, 0) is 49.3 Å². The summed E-state index contributed by atoms with van der Waals surface area (Å²) in [6.45, 7) is 5.16. The summed E-state index contributed by atoms with van der Waals surface area (Å²) in [6, 6.07) is 10.7. The molecule has 9 heteroatoms. The third-order valence-electron chi connectivity index (χ3n) is 5.77. The Hall–Kier alpha value is -2.78. The zero-order chi connectivity index (χ0) is 23.3. The van der Waals surface area contributed by atoms with Crippen LogP contribution in [0.4, 0.5) is 18.9 Å². The van der Waals surface area contributed by atoms with E-state index in [-0.39, 0.29) is 12.5 Å². The van der Waals surface area contributed by atoms with Crippen molar-refractivity contribution in [3.63, 3.8) is 0 Å². The van der Waals surface area contributed by atoms with Crippen molar-refractivity contribution in [1.29, 1.82) is 0 Å². The number of nitrogens with one attached hydrogen (secondary N) is 1. The van der Waals surface area contributed by atoms with Gasteiger partial charge in [0.2, 0.25) is 5.91 Å². The number of rotatable bonds is 5. The minimum Gasteiger partial charge on any atom is -0.490 e. The number of ether oxygens (including phenoxy) is 2. The van der Waals surface area contributed by atoms with E-state index in [9.17, 15) is 18.0 Å². The highest BCUT2D eigenvalue weighted by Crippen LogP contribution is 2.32. The average molecular weight is 464 g/mol. The van der Waals surface area contributed by atoms with E-state index in [1.165, 1.54) is 12.1 Å². The van der Waals surface area contributed by atoms with Crippen molar-refractivity contribution in [2.45, 2.75) is 25.6 Å². The molecule has 0 saturated carbocycles. The van der Waals surface area contributed by atoms with E-state index in [0.29, 0.717) is 36.9 Å². The van der Waals surface area contributed by atoms with Crippen molar-refractivity contribution in [3.8, 4) is 11.5 Å². The largest absolute Gasteiger partial charge is 0.490 e. The van der Waals surface area contributed by atoms with E-state index >= 15 is 0 Å². The van der Waals surface area contributed by atoms with Gasteiger partial charge in [0.25, 0.3) is 0 Å². The molecule has 2 heterocycles. The van der Waals surface area contributed by atoms with Gasteiger partial charge in [0.15, 0.2) is 11.5 Å². The van der Waals surface area contributed by atoms with Crippen molar-refractivity contribution in [1.82, 2.24) is 9.80 Å². The summed E-state index contributed by atoms with van der Waals surface area (Å²) in [5, 5.41) is 2.93. The van der Waals surface area contributed by atoms with Crippen molar-refractivity contribution < 1.29 is 27.4 Å². The maximum absolute atomic E-state index is 12.7. The minimum absolute atomic E-state index is 0.0966. The fourth-order valence-electron chi connectivity index (χ4n) is 4.04. The Morgan fingerprint density at radius 3 is 2.33 bits per heavy atom. The van der Waals surface area contributed by atoms with Gasteiger partial charge in [-0.3, -0.25) is 14.6 Å². The molecule has 2 aromatic carbocycles. The van der Waals surface area contributed by atoms with Crippen LogP contribution in [0.3, 0.4) is 0 Å². The summed E-state index contributed by atoms with van der Waals surface area (Å²) >= 11 is 0. The van der Waals surface area contributed by atoms with Crippen LogP contribution in [0.1, 0.15) is 24.0 Å². The Balaban J connectivity index is 1.26. The third-order valence-corrected chi connectivity index (χ3v) is 5.77. The highest BCUT2D eigenvalue weighted by molar-refractivity contribution is 5.92. The summed E-state index contributed by atoms with van der Waals surface area (Å²) in [4.78, 5) is 16.9. The molecule has 0 bridgehead atoms. The maximum Gasteiger partial charge on any atom is 0.416 e. The average Bonchev–Trinajstić information content (AvgIpc) is 3.14.